The van der Waals surface area contributed by atoms with Crippen LogP contribution in [0.2, 0.25) is 0 Å². The number of aromatic amines is 2. The molecule has 0 unspecified atom stereocenters. The molecular formula is C19H25N7O4S. The number of H-pyrrole nitrogens is 2. The lowest BCUT2D eigenvalue weighted by Crippen LogP contribution is -2.32. The normalized spacial score (nSPS) is 19.7. The maximum atomic E-state index is 12.6. The van der Waals surface area contributed by atoms with Crippen LogP contribution in [0.15, 0.2) is 34.1 Å². The van der Waals surface area contributed by atoms with Gasteiger partial charge < -0.3 is 15.3 Å². The summed E-state index contributed by atoms with van der Waals surface area (Å²) in [4.78, 5) is 38.5. The molecule has 12 heteroatoms. The van der Waals surface area contributed by atoms with E-state index < -0.39 is 10.0 Å². The number of nitrogens with one attached hydrogen (secondary N) is 3. The van der Waals surface area contributed by atoms with Gasteiger partial charge in [0.25, 0.3) is 5.56 Å². The van der Waals surface area contributed by atoms with E-state index in [-0.39, 0.29) is 34.9 Å². The van der Waals surface area contributed by atoms with Gasteiger partial charge in [-0.05, 0) is 43.7 Å². The summed E-state index contributed by atoms with van der Waals surface area (Å²) < 4.78 is 27.2. The van der Waals surface area contributed by atoms with Crippen molar-refractivity contribution in [1.82, 2.24) is 28.8 Å². The predicted octanol–water partition coefficient (Wildman–Crippen LogP) is 1.17. The Morgan fingerprint density at radius 1 is 1.23 bits per heavy atom. The fourth-order valence-corrected chi connectivity index (χ4v) is 5.20. The zero-order valence-corrected chi connectivity index (χ0v) is 18.1. The van der Waals surface area contributed by atoms with Crippen molar-refractivity contribution in [3.8, 4) is 0 Å². The molecule has 0 aromatic carbocycles. The summed E-state index contributed by atoms with van der Waals surface area (Å²) in [5.74, 6) is 0.404. The number of sulfonamides is 1. The fraction of sp³-hybridized carbons (Fsp3) is 0.474. The van der Waals surface area contributed by atoms with Crippen LogP contribution in [0, 0.1) is 5.92 Å². The molecule has 4 rings (SSSR count). The van der Waals surface area contributed by atoms with Crippen LogP contribution in [0.25, 0.3) is 11.2 Å². The van der Waals surface area contributed by atoms with Crippen molar-refractivity contribution in [1.29, 1.82) is 0 Å². The van der Waals surface area contributed by atoms with E-state index in [1.165, 1.54) is 16.7 Å². The largest absolute Gasteiger partial charge is 0.327 e. The van der Waals surface area contributed by atoms with Gasteiger partial charge in [-0.3, -0.25) is 9.36 Å². The van der Waals surface area contributed by atoms with E-state index in [1.807, 2.05) is 0 Å². The molecule has 0 amide bonds. The van der Waals surface area contributed by atoms with E-state index in [9.17, 15) is 18.0 Å². The molecule has 3 N–H and O–H groups in total. The SMILES string of the molecule is CN(C)S(=O)(=O)C[C@H]1CC[C@H](n2c(=O)[nH]c3cnc(Nc4ccc[nH]c4=O)nc32)CC1. The lowest BCUT2D eigenvalue weighted by molar-refractivity contribution is 0.288. The van der Waals surface area contributed by atoms with Crippen LogP contribution in [-0.4, -0.2) is 57.1 Å². The smallest absolute Gasteiger partial charge is 0.327 e. The highest BCUT2D eigenvalue weighted by Gasteiger charge is 2.29. The second kappa shape index (κ2) is 8.27. The topological polar surface area (TPSA) is 146 Å². The Labute approximate surface area is 178 Å². The van der Waals surface area contributed by atoms with Gasteiger partial charge in [-0.2, -0.15) is 4.98 Å². The van der Waals surface area contributed by atoms with Crippen molar-refractivity contribution in [2.75, 3.05) is 25.2 Å². The molecule has 31 heavy (non-hydrogen) atoms. The Balaban J connectivity index is 1.56. The molecule has 3 aromatic rings. The van der Waals surface area contributed by atoms with Gasteiger partial charge in [0.1, 0.15) is 11.2 Å². The van der Waals surface area contributed by atoms with Gasteiger partial charge in [0.2, 0.25) is 16.0 Å². The van der Waals surface area contributed by atoms with Gasteiger partial charge in [0, 0.05) is 26.3 Å². The van der Waals surface area contributed by atoms with Crippen molar-refractivity contribution in [3.05, 3.63) is 45.4 Å². The standard InChI is InChI=1S/C19H25N7O4S/c1-25(2)31(29,30)11-12-5-7-13(8-6-12)26-16-15(23-19(26)28)10-21-18(24-16)22-14-4-3-9-20-17(14)27/h3-4,9-10,12-13H,5-8,11H2,1-2H3,(H,20,27)(H,23,28)(H,21,22,24)/t12-,13-. The lowest BCUT2D eigenvalue weighted by atomic mass is 9.87. The zero-order valence-electron chi connectivity index (χ0n) is 17.3. The molecule has 0 aliphatic heterocycles. The molecule has 0 saturated heterocycles. The summed E-state index contributed by atoms with van der Waals surface area (Å²) in [7, 11) is -0.164. The molecule has 3 heterocycles. The predicted molar refractivity (Wildman–Crippen MR) is 117 cm³/mol. The van der Waals surface area contributed by atoms with E-state index in [1.54, 1.807) is 30.8 Å². The van der Waals surface area contributed by atoms with E-state index in [0.29, 0.717) is 42.5 Å². The minimum Gasteiger partial charge on any atom is -0.327 e. The minimum absolute atomic E-state index is 0.0706. The quantitative estimate of drug-likeness (QED) is 0.514. The van der Waals surface area contributed by atoms with Crippen LogP contribution < -0.4 is 16.6 Å². The average Bonchev–Trinajstić information content (AvgIpc) is 3.05. The number of hydrogen-bond donors (Lipinski definition) is 3. The van der Waals surface area contributed by atoms with Crippen molar-refractivity contribution >= 4 is 32.8 Å². The van der Waals surface area contributed by atoms with Crippen molar-refractivity contribution in [2.24, 2.45) is 5.92 Å². The van der Waals surface area contributed by atoms with Gasteiger partial charge in [-0.1, -0.05) is 0 Å². The molecule has 11 nitrogen and oxygen atoms in total. The number of nitrogens with zero attached hydrogens (tertiary/aromatic N) is 4. The first-order valence-corrected chi connectivity index (χ1v) is 11.7. The lowest BCUT2D eigenvalue weighted by Gasteiger charge is -2.29. The molecule has 1 fully saturated rings. The Morgan fingerprint density at radius 3 is 2.65 bits per heavy atom. The Kier molecular flexibility index (Phi) is 5.67. The third-order valence-electron chi connectivity index (χ3n) is 5.71. The maximum absolute atomic E-state index is 12.6. The molecule has 0 bridgehead atoms. The van der Waals surface area contributed by atoms with Gasteiger partial charge in [0.05, 0.1) is 11.9 Å². The van der Waals surface area contributed by atoms with Crippen molar-refractivity contribution < 1.29 is 8.42 Å². The Hall–Kier alpha value is -2.99. The first-order valence-electron chi connectivity index (χ1n) is 10.1. The Bertz CT molecular complexity index is 1300. The summed E-state index contributed by atoms with van der Waals surface area (Å²) in [6.07, 6.45) is 5.84. The molecule has 1 saturated carbocycles. The number of pyridine rings is 1. The minimum atomic E-state index is -3.25. The molecule has 0 spiro atoms. The molecule has 1 aliphatic carbocycles. The monoisotopic (exact) mass is 447 g/mol. The second-order valence-corrected chi connectivity index (χ2v) is 10.2. The number of aromatic nitrogens is 5. The summed E-state index contributed by atoms with van der Waals surface area (Å²) >= 11 is 0. The average molecular weight is 448 g/mol. The number of fused-ring (bicyclic) bond motifs is 1. The number of hydrogen-bond acceptors (Lipinski definition) is 7. The molecular weight excluding hydrogens is 422 g/mol. The second-order valence-electron chi connectivity index (χ2n) is 8.00. The highest BCUT2D eigenvalue weighted by atomic mass is 32.2. The van der Waals surface area contributed by atoms with Crippen LogP contribution in [0.3, 0.4) is 0 Å². The molecule has 166 valence electrons. The van der Waals surface area contributed by atoms with Crippen molar-refractivity contribution in [2.45, 2.75) is 31.7 Å². The van der Waals surface area contributed by atoms with Gasteiger partial charge in [0.15, 0.2) is 5.65 Å². The first-order chi connectivity index (χ1) is 14.7. The Morgan fingerprint density at radius 2 is 1.97 bits per heavy atom. The van der Waals surface area contributed by atoms with Gasteiger partial charge in [-0.25, -0.2) is 22.5 Å². The van der Waals surface area contributed by atoms with Gasteiger partial charge in [-0.15, -0.1) is 0 Å². The molecule has 3 aromatic heterocycles. The van der Waals surface area contributed by atoms with E-state index in [4.69, 9.17) is 0 Å². The third kappa shape index (κ3) is 4.39. The van der Waals surface area contributed by atoms with E-state index in [2.05, 4.69) is 25.3 Å². The van der Waals surface area contributed by atoms with Crippen molar-refractivity contribution in [3.63, 3.8) is 0 Å². The van der Waals surface area contributed by atoms with Crippen LogP contribution in [0.4, 0.5) is 11.6 Å². The molecule has 0 radical (unpaired) electrons. The maximum Gasteiger partial charge on any atom is 0.327 e. The third-order valence-corrected chi connectivity index (χ3v) is 7.71. The number of anilines is 2. The molecule has 1 aliphatic rings. The highest BCUT2D eigenvalue weighted by molar-refractivity contribution is 7.89. The van der Waals surface area contributed by atoms with Crippen LogP contribution in [0.1, 0.15) is 31.7 Å². The number of rotatable bonds is 6. The first kappa shape index (κ1) is 21.2. The summed E-state index contributed by atoms with van der Waals surface area (Å²) in [6.45, 7) is 0. The fourth-order valence-electron chi connectivity index (χ4n) is 3.97. The van der Waals surface area contributed by atoms with Gasteiger partial charge >= 0.3 is 5.69 Å². The number of imidazole rings is 1. The summed E-state index contributed by atoms with van der Waals surface area (Å²) in [5, 5.41) is 2.88. The highest BCUT2D eigenvalue weighted by Crippen LogP contribution is 2.33. The van der Waals surface area contributed by atoms with E-state index in [0.717, 1.165) is 0 Å². The van der Waals surface area contributed by atoms with Crippen LogP contribution in [0.5, 0.6) is 0 Å². The zero-order chi connectivity index (χ0) is 22.2. The van der Waals surface area contributed by atoms with Crippen LogP contribution >= 0.6 is 0 Å². The summed E-state index contributed by atoms with van der Waals surface area (Å²) in [5.41, 5.74) is 0.690. The van der Waals surface area contributed by atoms with E-state index >= 15 is 0 Å². The molecule has 0 atom stereocenters. The summed E-state index contributed by atoms with van der Waals surface area (Å²) in [6, 6.07) is 3.21. The van der Waals surface area contributed by atoms with Crippen LogP contribution in [-0.2, 0) is 10.0 Å².